The highest BCUT2D eigenvalue weighted by molar-refractivity contribution is 5.94. The van der Waals surface area contributed by atoms with Crippen molar-refractivity contribution in [2.75, 3.05) is 6.61 Å². The lowest BCUT2D eigenvalue weighted by molar-refractivity contribution is -0.125. The third kappa shape index (κ3) is 4.84. The Balaban J connectivity index is 1.58. The Kier molecular flexibility index (Phi) is 6.41. The smallest absolute Gasteiger partial charge is 0.251 e. The molecule has 1 aliphatic rings. The van der Waals surface area contributed by atoms with Gasteiger partial charge in [0.25, 0.3) is 5.91 Å². The standard InChI is InChI=1S/C21H25N3O3/c1-2-27-19-9-4-3-6-16(19)14-23-21(26)17-7-5-8-18(17)24-20(25)15-10-12-22-13-11-15/h3-4,6,9-13,17-18H,2,5,7-8,14H2,1H3,(H,23,26)(H,24,25)/t17-,18+/m0/s1. The number of benzene rings is 1. The van der Waals surface area contributed by atoms with Crippen molar-refractivity contribution < 1.29 is 14.3 Å². The Bertz CT molecular complexity index is 779. The quantitative estimate of drug-likeness (QED) is 0.788. The van der Waals surface area contributed by atoms with Crippen LogP contribution in [0.15, 0.2) is 48.8 Å². The Morgan fingerprint density at radius 2 is 1.93 bits per heavy atom. The van der Waals surface area contributed by atoms with Crippen LogP contribution >= 0.6 is 0 Å². The van der Waals surface area contributed by atoms with E-state index in [-0.39, 0.29) is 23.8 Å². The van der Waals surface area contributed by atoms with Crippen LogP contribution in [0.25, 0.3) is 0 Å². The lowest BCUT2D eigenvalue weighted by Crippen LogP contribution is -2.43. The second kappa shape index (κ2) is 9.16. The lowest BCUT2D eigenvalue weighted by atomic mass is 10.0. The van der Waals surface area contributed by atoms with E-state index in [0.717, 1.165) is 30.6 Å². The minimum absolute atomic E-state index is 0.0289. The molecule has 27 heavy (non-hydrogen) atoms. The van der Waals surface area contributed by atoms with Crippen molar-refractivity contribution in [1.82, 2.24) is 15.6 Å². The van der Waals surface area contributed by atoms with Gasteiger partial charge in [-0.1, -0.05) is 24.6 Å². The molecule has 0 radical (unpaired) electrons. The highest BCUT2D eigenvalue weighted by Gasteiger charge is 2.34. The molecule has 2 N–H and O–H groups in total. The minimum atomic E-state index is -0.213. The maximum absolute atomic E-state index is 12.7. The fourth-order valence-corrected chi connectivity index (χ4v) is 3.46. The average Bonchev–Trinajstić information content (AvgIpc) is 3.16. The van der Waals surface area contributed by atoms with Gasteiger partial charge in [0.1, 0.15) is 5.75 Å². The predicted molar refractivity (Wildman–Crippen MR) is 102 cm³/mol. The summed E-state index contributed by atoms with van der Waals surface area (Å²) in [6.07, 6.45) is 5.69. The number of para-hydroxylation sites is 1. The second-order valence-corrected chi connectivity index (χ2v) is 6.61. The summed E-state index contributed by atoms with van der Waals surface area (Å²) in [7, 11) is 0. The molecule has 0 aliphatic heterocycles. The Labute approximate surface area is 159 Å². The fourth-order valence-electron chi connectivity index (χ4n) is 3.46. The summed E-state index contributed by atoms with van der Waals surface area (Å²) in [6.45, 7) is 2.93. The van der Waals surface area contributed by atoms with Gasteiger partial charge in [0.05, 0.1) is 12.5 Å². The van der Waals surface area contributed by atoms with Gasteiger partial charge >= 0.3 is 0 Å². The van der Waals surface area contributed by atoms with Gasteiger partial charge in [-0.25, -0.2) is 0 Å². The number of aromatic nitrogens is 1. The van der Waals surface area contributed by atoms with Crippen LogP contribution < -0.4 is 15.4 Å². The van der Waals surface area contributed by atoms with Crippen molar-refractivity contribution in [2.24, 2.45) is 5.92 Å². The van der Waals surface area contributed by atoms with Crippen LogP contribution in [-0.2, 0) is 11.3 Å². The average molecular weight is 367 g/mol. The van der Waals surface area contributed by atoms with E-state index in [1.807, 2.05) is 31.2 Å². The Hall–Kier alpha value is -2.89. The molecule has 2 aromatic rings. The van der Waals surface area contributed by atoms with E-state index in [1.165, 1.54) is 0 Å². The molecule has 1 heterocycles. The zero-order valence-corrected chi connectivity index (χ0v) is 15.5. The molecule has 0 spiro atoms. The molecule has 1 aromatic carbocycles. The van der Waals surface area contributed by atoms with Crippen LogP contribution in [0.4, 0.5) is 0 Å². The van der Waals surface area contributed by atoms with Crippen molar-refractivity contribution in [3.05, 3.63) is 59.9 Å². The van der Waals surface area contributed by atoms with Crippen molar-refractivity contribution in [1.29, 1.82) is 0 Å². The van der Waals surface area contributed by atoms with Gasteiger partial charge in [0.15, 0.2) is 0 Å². The summed E-state index contributed by atoms with van der Waals surface area (Å²) >= 11 is 0. The molecule has 1 aliphatic carbocycles. The van der Waals surface area contributed by atoms with Crippen LogP contribution in [0.3, 0.4) is 0 Å². The fraction of sp³-hybridized carbons (Fsp3) is 0.381. The van der Waals surface area contributed by atoms with E-state index in [9.17, 15) is 9.59 Å². The van der Waals surface area contributed by atoms with Gasteiger partial charge in [0.2, 0.25) is 5.91 Å². The summed E-state index contributed by atoms with van der Waals surface area (Å²) < 4.78 is 5.60. The highest BCUT2D eigenvalue weighted by atomic mass is 16.5. The van der Waals surface area contributed by atoms with Crippen molar-refractivity contribution >= 4 is 11.8 Å². The molecular weight excluding hydrogens is 342 g/mol. The molecule has 1 fully saturated rings. The van der Waals surface area contributed by atoms with E-state index in [0.29, 0.717) is 18.7 Å². The van der Waals surface area contributed by atoms with Crippen LogP contribution in [0.2, 0.25) is 0 Å². The van der Waals surface area contributed by atoms with E-state index < -0.39 is 0 Å². The van der Waals surface area contributed by atoms with Crippen LogP contribution in [0.5, 0.6) is 5.75 Å². The number of hydrogen-bond acceptors (Lipinski definition) is 4. The maximum Gasteiger partial charge on any atom is 0.251 e. The largest absolute Gasteiger partial charge is 0.494 e. The van der Waals surface area contributed by atoms with Gasteiger partial charge in [-0.15, -0.1) is 0 Å². The van der Waals surface area contributed by atoms with E-state index >= 15 is 0 Å². The number of amides is 2. The summed E-state index contributed by atoms with van der Waals surface area (Å²) in [4.78, 5) is 29.0. The molecular formula is C21H25N3O3. The molecule has 142 valence electrons. The summed E-state index contributed by atoms with van der Waals surface area (Å²) in [5.74, 6) is 0.381. The molecule has 0 unspecified atom stereocenters. The van der Waals surface area contributed by atoms with E-state index in [1.54, 1.807) is 24.5 Å². The topological polar surface area (TPSA) is 80.3 Å². The van der Waals surface area contributed by atoms with Crippen LogP contribution in [0.1, 0.15) is 42.1 Å². The molecule has 0 saturated heterocycles. The SMILES string of the molecule is CCOc1ccccc1CNC(=O)[C@H]1CCC[C@H]1NC(=O)c1ccncc1. The number of hydrogen-bond donors (Lipinski definition) is 2. The first-order valence-corrected chi connectivity index (χ1v) is 9.38. The van der Waals surface area contributed by atoms with Gasteiger partial charge in [-0.3, -0.25) is 14.6 Å². The van der Waals surface area contributed by atoms with E-state index in [2.05, 4.69) is 15.6 Å². The molecule has 2 amide bonds. The van der Waals surface area contributed by atoms with Crippen molar-refractivity contribution in [2.45, 2.75) is 38.8 Å². The zero-order chi connectivity index (χ0) is 19.1. The third-order valence-electron chi connectivity index (χ3n) is 4.84. The summed E-state index contributed by atoms with van der Waals surface area (Å²) in [5, 5.41) is 6.01. The molecule has 1 saturated carbocycles. The number of nitrogens with zero attached hydrogens (tertiary/aromatic N) is 1. The first-order valence-electron chi connectivity index (χ1n) is 9.38. The summed E-state index contributed by atoms with van der Waals surface area (Å²) in [5.41, 5.74) is 1.50. The lowest BCUT2D eigenvalue weighted by Gasteiger charge is -2.21. The van der Waals surface area contributed by atoms with Gasteiger partial charge in [-0.05, 0) is 38.0 Å². The van der Waals surface area contributed by atoms with Crippen LogP contribution in [0, 0.1) is 5.92 Å². The van der Waals surface area contributed by atoms with Crippen LogP contribution in [-0.4, -0.2) is 29.4 Å². The van der Waals surface area contributed by atoms with E-state index in [4.69, 9.17) is 4.74 Å². The number of nitrogens with one attached hydrogen (secondary N) is 2. The van der Waals surface area contributed by atoms with Gasteiger partial charge in [-0.2, -0.15) is 0 Å². The Morgan fingerprint density at radius 3 is 2.70 bits per heavy atom. The molecule has 0 bridgehead atoms. The first kappa shape index (κ1) is 18.9. The number of carbonyl (C=O) groups excluding carboxylic acids is 2. The predicted octanol–water partition coefficient (Wildman–Crippen LogP) is 2.70. The van der Waals surface area contributed by atoms with Gasteiger partial charge < -0.3 is 15.4 Å². The molecule has 6 nitrogen and oxygen atoms in total. The molecule has 6 heteroatoms. The van der Waals surface area contributed by atoms with Crippen molar-refractivity contribution in [3.8, 4) is 5.75 Å². The third-order valence-corrected chi connectivity index (χ3v) is 4.84. The highest BCUT2D eigenvalue weighted by Crippen LogP contribution is 2.26. The maximum atomic E-state index is 12.7. The second-order valence-electron chi connectivity index (χ2n) is 6.61. The molecule has 3 rings (SSSR count). The minimum Gasteiger partial charge on any atom is -0.494 e. The molecule has 1 aromatic heterocycles. The number of pyridine rings is 1. The summed E-state index contributed by atoms with van der Waals surface area (Å²) in [6, 6.07) is 10.9. The Morgan fingerprint density at radius 1 is 1.15 bits per heavy atom. The monoisotopic (exact) mass is 367 g/mol. The zero-order valence-electron chi connectivity index (χ0n) is 15.5. The first-order chi connectivity index (χ1) is 13.2. The van der Waals surface area contributed by atoms with Gasteiger partial charge in [0, 0.05) is 36.1 Å². The number of carbonyl (C=O) groups is 2. The van der Waals surface area contributed by atoms with Crippen molar-refractivity contribution in [3.63, 3.8) is 0 Å². The number of ether oxygens (including phenoxy) is 1. The molecule has 2 atom stereocenters. The normalized spacial score (nSPS) is 18.7. The number of rotatable bonds is 7.